The van der Waals surface area contributed by atoms with Crippen LogP contribution < -0.4 is 15.6 Å². The summed E-state index contributed by atoms with van der Waals surface area (Å²) in [6, 6.07) is 2.81. The number of halogens is 2. The summed E-state index contributed by atoms with van der Waals surface area (Å²) >= 11 is 0.954. The maximum absolute atomic E-state index is 15.5. The number of nitrogens with zero attached hydrogens (tertiary/aromatic N) is 4. The van der Waals surface area contributed by atoms with E-state index >= 15 is 4.39 Å². The second kappa shape index (κ2) is 8.77. The number of nitrogens with two attached hydrogens (primary N) is 1. The van der Waals surface area contributed by atoms with E-state index in [4.69, 9.17) is 5.73 Å². The minimum atomic E-state index is -0.618. The van der Waals surface area contributed by atoms with Crippen LogP contribution in [0.2, 0.25) is 0 Å². The molecule has 2 aliphatic heterocycles. The summed E-state index contributed by atoms with van der Waals surface area (Å²) in [5.41, 5.74) is 6.87. The van der Waals surface area contributed by atoms with Crippen molar-refractivity contribution in [2.24, 2.45) is 0 Å². The Balaban J connectivity index is 1.64. The average molecular weight is 496 g/mol. The van der Waals surface area contributed by atoms with Crippen LogP contribution in [0.1, 0.15) is 22.3 Å². The van der Waals surface area contributed by atoms with Crippen LogP contribution in [-0.2, 0) is 11.3 Å². The maximum Gasteiger partial charge on any atom is 0.256 e. The molecule has 1 atom stereocenters. The van der Waals surface area contributed by atoms with Crippen LogP contribution in [0, 0.1) is 5.82 Å². The first-order valence-corrected chi connectivity index (χ1v) is 11.9. The van der Waals surface area contributed by atoms with Crippen molar-refractivity contribution >= 4 is 51.1 Å². The predicted molar refractivity (Wildman–Crippen MR) is 132 cm³/mol. The Kier molecular flexibility index (Phi) is 5.76. The molecule has 2 aromatic heterocycles. The van der Waals surface area contributed by atoms with Crippen molar-refractivity contribution in [2.75, 3.05) is 25.4 Å². The minimum absolute atomic E-state index is 0.152. The molecule has 7 nitrogen and oxygen atoms in total. The quantitative estimate of drug-likeness (QED) is 0.565. The van der Waals surface area contributed by atoms with E-state index < -0.39 is 11.6 Å². The molecule has 4 heterocycles. The van der Waals surface area contributed by atoms with Crippen molar-refractivity contribution in [3.8, 4) is 0 Å². The van der Waals surface area contributed by atoms with Crippen LogP contribution in [0.25, 0.3) is 22.8 Å². The van der Waals surface area contributed by atoms with Crippen molar-refractivity contribution in [1.29, 1.82) is 0 Å². The number of aryl methyl sites for hydroxylation is 1. The number of rotatable bonds is 3. The van der Waals surface area contributed by atoms with E-state index in [9.17, 15) is 14.0 Å². The highest BCUT2D eigenvalue weighted by atomic mass is 32.1. The van der Waals surface area contributed by atoms with Gasteiger partial charge in [0.1, 0.15) is 11.6 Å². The SMILES string of the molecule is C=CC(=O)N1CCN2C(=O)c3cc(F)c(/C=c4\nc(N)s\c4=C(/F)C=C)c4ccn(c34)CC[C@@H]2C1. The van der Waals surface area contributed by atoms with Crippen LogP contribution in [-0.4, -0.2) is 56.8 Å². The first kappa shape index (κ1) is 23.0. The average Bonchev–Trinajstić information content (AvgIpc) is 3.45. The molecule has 5 rings (SSSR count). The summed E-state index contributed by atoms with van der Waals surface area (Å²) in [5, 5.41) is 0.884. The van der Waals surface area contributed by atoms with E-state index in [2.05, 4.69) is 18.1 Å². The topological polar surface area (TPSA) is 84.5 Å². The molecule has 1 aromatic carbocycles. The number of aromatic nitrogens is 2. The molecule has 180 valence electrons. The molecular formula is C25H23F2N5O2S. The van der Waals surface area contributed by atoms with Gasteiger partial charge in [-0.2, -0.15) is 0 Å². The number of amides is 2. The van der Waals surface area contributed by atoms with Gasteiger partial charge in [0, 0.05) is 43.3 Å². The van der Waals surface area contributed by atoms with Gasteiger partial charge in [-0.05, 0) is 36.8 Å². The molecule has 35 heavy (non-hydrogen) atoms. The Hall–Kier alpha value is -3.79. The van der Waals surface area contributed by atoms with Gasteiger partial charge in [0.15, 0.2) is 5.13 Å². The molecular weight excluding hydrogens is 472 g/mol. The van der Waals surface area contributed by atoms with Crippen LogP contribution in [0.3, 0.4) is 0 Å². The Labute approximate surface area is 203 Å². The van der Waals surface area contributed by atoms with Gasteiger partial charge >= 0.3 is 0 Å². The lowest BCUT2D eigenvalue weighted by Gasteiger charge is -2.42. The number of thiazole rings is 1. The lowest BCUT2D eigenvalue weighted by molar-refractivity contribution is -0.128. The van der Waals surface area contributed by atoms with Crippen LogP contribution in [0.5, 0.6) is 0 Å². The Bertz CT molecular complexity index is 1520. The number of hydrogen-bond acceptors (Lipinski definition) is 5. The highest BCUT2D eigenvalue weighted by molar-refractivity contribution is 7.13. The highest BCUT2D eigenvalue weighted by Crippen LogP contribution is 2.32. The van der Waals surface area contributed by atoms with Crippen LogP contribution in [0.15, 0.2) is 43.6 Å². The molecule has 10 heteroatoms. The molecule has 0 spiro atoms. The second-order valence-electron chi connectivity index (χ2n) is 8.48. The number of carbonyl (C=O) groups is 2. The van der Waals surface area contributed by atoms with Gasteiger partial charge < -0.3 is 20.1 Å². The number of anilines is 1. The number of hydrogen-bond donors (Lipinski definition) is 1. The van der Waals surface area contributed by atoms with Gasteiger partial charge in [-0.1, -0.05) is 24.5 Å². The lowest BCUT2D eigenvalue weighted by atomic mass is 9.99. The molecule has 0 unspecified atom stereocenters. The first-order valence-electron chi connectivity index (χ1n) is 11.1. The fourth-order valence-corrected chi connectivity index (χ4v) is 5.62. The number of benzene rings is 1. The number of allylic oxidation sites excluding steroid dienone is 1. The molecule has 2 aliphatic rings. The van der Waals surface area contributed by atoms with Gasteiger partial charge in [-0.3, -0.25) is 9.59 Å². The van der Waals surface area contributed by atoms with Crippen molar-refractivity contribution in [1.82, 2.24) is 19.4 Å². The third-order valence-electron chi connectivity index (χ3n) is 6.55. The van der Waals surface area contributed by atoms with E-state index in [0.717, 1.165) is 17.4 Å². The van der Waals surface area contributed by atoms with Crippen molar-refractivity contribution in [3.05, 3.63) is 70.5 Å². The zero-order valence-corrected chi connectivity index (χ0v) is 19.7. The normalized spacial score (nSPS) is 19.3. The Morgan fingerprint density at radius 3 is 2.80 bits per heavy atom. The molecule has 0 saturated carbocycles. The second-order valence-corrected chi connectivity index (χ2v) is 9.51. The summed E-state index contributed by atoms with van der Waals surface area (Å²) in [6.45, 7) is 8.73. The Morgan fingerprint density at radius 2 is 2.06 bits per heavy atom. The zero-order chi connectivity index (χ0) is 24.9. The molecule has 2 amide bonds. The summed E-state index contributed by atoms with van der Waals surface area (Å²) in [6.07, 6.45) is 6.24. The first-order chi connectivity index (χ1) is 16.8. The van der Waals surface area contributed by atoms with Crippen LogP contribution in [0.4, 0.5) is 13.9 Å². The largest absolute Gasteiger partial charge is 0.375 e. The minimum Gasteiger partial charge on any atom is -0.375 e. The third-order valence-corrected chi connectivity index (χ3v) is 7.46. The standard InChI is InChI=1S/C25H23F2N5O2S/c1-3-18(26)23-20(29-25(28)35-23)12-16-15-6-8-30-7-5-14-13-31(21(33)4-2)9-10-32(14)24(34)17(22(15)30)11-19(16)27/h3-4,6,8,11-12,14H,1-2,5,7,9-10,13H2,(H2,28,29)/b20-12-,23-18-/t14-/m1/s1. The number of fused-ring (bicyclic) bond motifs is 1. The summed E-state index contributed by atoms with van der Waals surface area (Å²) < 4.78 is 31.9. The van der Waals surface area contributed by atoms with Crippen molar-refractivity contribution in [3.63, 3.8) is 0 Å². The van der Waals surface area contributed by atoms with E-state index in [-0.39, 0.29) is 44.0 Å². The monoisotopic (exact) mass is 495 g/mol. The van der Waals surface area contributed by atoms with E-state index in [1.165, 1.54) is 18.2 Å². The van der Waals surface area contributed by atoms with E-state index in [1.54, 1.807) is 15.9 Å². The van der Waals surface area contributed by atoms with E-state index in [1.807, 2.05) is 10.8 Å². The zero-order valence-electron chi connectivity index (χ0n) is 18.8. The van der Waals surface area contributed by atoms with Gasteiger partial charge in [-0.15, -0.1) is 0 Å². The maximum atomic E-state index is 15.5. The van der Waals surface area contributed by atoms with E-state index in [0.29, 0.717) is 43.5 Å². The van der Waals surface area contributed by atoms with Gasteiger partial charge in [0.2, 0.25) is 5.91 Å². The number of carbonyl (C=O) groups excluding carboxylic acids is 2. The molecule has 2 N–H and O–H groups in total. The predicted octanol–water partition coefficient (Wildman–Crippen LogP) is 2.15. The van der Waals surface area contributed by atoms with Crippen LogP contribution >= 0.6 is 11.3 Å². The Morgan fingerprint density at radius 1 is 1.26 bits per heavy atom. The fraction of sp³-hybridized carbons (Fsp3) is 0.240. The number of nitrogen functional groups attached to an aromatic ring is 1. The highest BCUT2D eigenvalue weighted by Gasteiger charge is 2.35. The van der Waals surface area contributed by atoms with Gasteiger partial charge in [0.25, 0.3) is 5.91 Å². The molecule has 0 aliphatic carbocycles. The van der Waals surface area contributed by atoms with Gasteiger partial charge in [-0.25, -0.2) is 13.8 Å². The van der Waals surface area contributed by atoms with Crippen molar-refractivity contribution in [2.45, 2.75) is 19.0 Å². The summed E-state index contributed by atoms with van der Waals surface area (Å²) in [5.74, 6) is -1.66. The number of piperazine rings is 1. The molecule has 3 aromatic rings. The molecule has 1 fully saturated rings. The summed E-state index contributed by atoms with van der Waals surface area (Å²) in [4.78, 5) is 33.3. The molecule has 0 radical (unpaired) electrons. The van der Waals surface area contributed by atoms with Crippen molar-refractivity contribution < 1.29 is 18.4 Å². The third kappa shape index (κ3) is 3.83. The summed E-state index contributed by atoms with van der Waals surface area (Å²) in [7, 11) is 0. The lowest BCUT2D eigenvalue weighted by Crippen LogP contribution is -2.57. The smallest absolute Gasteiger partial charge is 0.256 e. The fourth-order valence-electron chi connectivity index (χ4n) is 4.88. The van der Waals surface area contributed by atoms with Gasteiger partial charge in [0.05, 0.1) is 27.0 Å². The molecule has 1 saturated heterocycles. The molecule has 0 bridgehead atoms.